The molecular formula is C19H18F3N5O4. The second-order valence-electron chi connectivity index (χ2n) is 6.19. The van der Waals surface area contributed by atoms with Crippen LogP contribution in [0.5, 0.6) is 11.5 Å². The third-order valence-corrected chi connectivity index (χ3v) is 4.24. The van der Waals surface area contributed by atoms with Crippen LogP contribution in [0.2, 0.25) is 0 Å². The average molecular weight is 437 g/mol. The number of ether oxygens (including phenoxy) is 2. The summed E-state index contributed by atoms with van der Waals surface area (Å²) in [6, 6.07) is 7.04. The van der Waals surface area contributed by atoms with Crippen molar-refractivity contribution in [2.24, 2.45) is 0 Å². The van der Waals surface area contributed by atoms with Gasteiger partial charge >= 0.3 is 6.36 Å². The van der Waals surface area contributed by atoms with Gasteiger partial charge in [0.2, 0.25) is 0 Å². The number of nitrogens with zero attached hydrogens (tertiary/aromatic N) is 5. The van der Waals surface area contributed by atoms with Crippen molar-refractivity contribution < 1.29 is 32.3 Å². The Morgan fingerprint density at radius 1 is 1.23 bits per heavy atom. The van der Waals surface area contributed by atoms with E-state index in [1.165, 1.54) is 44.3 Å². The third-order valence-electron chi connectivity index (χ3n) is 4.24. The van der Waals surface area contributed by atoms with E-state index < -0.39 is 18.0 Å². The maximum Gasteiger partial charge on any atom is 0.573 e. The summed E-state index contributed by atoms with van der Waals surface area (Å²) in [4.78, 5) is 21.6. The highest BCUT2D eigenvalue weighted by molar-refractivity contribution is 5.97. The number of hydrogen-bond donors (Lipinski definition) is 0. The first-order valence-electron chi connectivity index (χ1n) is 8.82. The number of hydroxylamine groups is 2. The van der Waals surface area contributed by atoms with E-state index in [2.05, 4.69) is 20.0 Å². The second kappa shape index (κ2) is 9.00. The molecule has 0 saturated carbocycles. The van der Waals surface area contributed by atoms with Crippen molar-refractivity contribution in [3.63, 3.8) is 0 Å². The summed E-state index contributed by atoms with van der Waals surface area (Å²) in [6.07, 6.45) is -1.77. The zero-order chi connectivity index (χ0) is 22.6. The predicted molar refractivity (Wildman–Crippen MR) is 101 cm³/mol. The van der Waals surface area contributed by atoms with Crippen molar-refractivity contribution in [2.75, 3.05) is 21.3 Å². The van der Waals surface area contributed by atoms with Crippen LogP contribution in [-0.2, 0) is 11.4 Å². The van der Waals surface area contributed by atoms with Gasteiger partial charge in [-0.05, 0) is 30.3 Å². The van der Waals surface area contributed by atoms with E-state index in [1.807, 2.05) is 0 Å². The molecule has 3 rings (SSSR count). The quantitative estimate of drug-likeness (QED) is 0.525. The normalized spacial score (nSPS) is 11.3. The van der Waals surface area contributed by atoms with Crippen LogP contribution in [0, 0.1) is 0 Å². The van der Waals surface area contributed by atoms with E-state index in [4.69, 9.17) is 9.57 Å². The smallest absolute Gasteiger partial charge is 0.496 e. The molecule has 0 bridgehead atoms. The first kappa shape index (κ1) is 22.0. The summed E-state index contributed by atoms with van der Waals surface area (Å²) in [5, 5.41) is 8.96. The number of carbonyl (C=O) groups is 1. The van der Waals surface area contributed by atoms with E-state index >= 15 is 0 Å². The largest absolute Gasteiger partial charge is 0.573 e. The lowest BCUT2D eigenvalue weighted by atomic mass is 10.1. The number of hydrogen-bond acceptors (Lipinski definition) is 7. The van der Waals surface area contributed by atoms with Crippen molar-refractivity contribution in [1.29, 1.82) is 0 Å². The number of carbonyl (C=O) groups excluding carboxylic acids is 1. The molecule has 0 aliphatic rings. The number of methoxy groups -OCH3 is 1. The molecule has 0 aliphatic carbocycles. The Hall–Kier alpha value is -3.67. The van der Waals surface area contributed by atoms with Gasteiger partial charge in [0.25, 0.3) is 5.91 Å². The van der Waals surface area contributed by atoms with E-state index in [-0.39, 0.29) is 12.2 Å². The van der Waals surface area contributed by atoms with E-state index in [0.717, 1.165) is 11.1 Å². The summed E-state index contributed by atoms with van der Waals surface area (Å²) < 4.78 is 48.5. The van der Waals surface area contributed by atoms with Gasteiger partial charge in [0.1, 0.15) is 17.2 Å². The number of alkyl halides is 3. The molecule has 3 aromatic rings. The summed E-state index contributed by atoms with van der Waals surface area (Å²) in [5.41, 5.74) is 1.16. The maximum atomic E-state index is 12.7. The van der Waals surface area contributed by atoms with Gasteiger partial charge in [0, 0.05) is 30.6 Å². The standard InChI is InChI=1S/C19H18F3N5O4/c1-26(30-3)18(28)16-17(12-5-4-8-23-10-12)27(25-24-16)11-13-9-14(31-19(20,21)22)6-7-15(13)29-2/h4-10H,11H2,1-3H3. The summed E-state index contributed by atoms with van der Waals surface area (Å²) >= 11 is 0. The zero-order valence-corrected chi connectivity index (χ0v) is 16.8. The van der Waals surface area contributed by atoms with Gasteiger partial charge in [-0.15, -0.1) is 18.3 Å². The van der Waals surface area contributed by atoms with Crippen LogP contribution in [-0.4, -0.2) is 58.6 Å². The van der Waals surface area contributed by atoms with E-state index in [9.17, 15) is 18.0 Å². The highest BCUT2D eigenvalue weighted by Gasteiger charge is 2.31. The molecule has 1 aromatic carbocycles. The molecule has 0 N–H and O–H groups in total. The first-order valence-corrected chi connectivity index (χ1v) is 8.82. The Morgan fingerprint density at radius 3 is 2.61 bits per heavy atom. The van der Waals surface area contributed by atoms with Gasteiger partial charge in [0.05, 0.1) is 20.8 Å². The fourth-order valence-electron chi connectivity index (χ4n) is 2.83. The maximum absolute atomic E-state index is 12.7. The summed E-state index contributed by atoms with van der Waals surface area (Å²) in [7, 11) is 4.12. The molecule has 12 heteroatoms. The number of halogens is 3. The van der Waals surface area contributed by atoms with Gasteiger partial charge in [0.15, 0.2) is 5.69 Å². The van der Waals surface area contributed by atoms with Crippen molar-refractivity contribution in [3.8, 4) is 22.8 Å². The molecular weight excluding hydrogens is 419 g/mol. The summed E-state index contributed by atoms with van der Waals surface area (Å²) in [5.74, 6) is -0.667. The Bertz CT molecular complexity index is 1060. The van der Waals surface area contributed by atoms with Crippen LogP contribution < -0.4 is 9.47 Å². The Kier molecular flexibility index (Phi) is 6.39. The van der Waals surface area contributed by atoms with Crippen LogP contribution >= 0.6 is 0 Å². The molecule has 0 saturated heterocycles. The number of amides is 1. The number of aromatic nitrogens is 4. The molecule has 0 fully saturated rings. The molecule has 164 valence electrons. The van der Waals surface area contributed by atoms with Gasteiger partial charge in [-0.25, -0.2) is 9.75 Å². The topological polar surface area (TPSA) is 91.6 Å². The highest BCUT2D eigenvalue weighted by Crippen LogP contribution is 2.30. The van der Waals surface area contributed by atoms with Crippen molar-refractivity contribution in [3.05, 3.63) is 54.0 Å². The fraction of sp³-hybridized carbons (Fsp3) is 0.263. The summed E-state index contributed by atoms with van der Waals surface area (Å²) in [6.45, 7) is -0.0561. The number of benzene rings is 1. The minimum atomic E-state index is -4.84. The molecule has 9 nitrogen and oxygen atoms in total. The van der Waals surface area contributed by atoms with Gasteiger partial charge in [-0.1, -0.05) is 5.21 Å². The van der Waals surface area contributed by atoms with Crippen LogP contribution in [0.1, 0.15) is 16.1 Å². The number of rotatable bonds is 7. The van der Waals surface area contributed by atoms with Crippen LogP contribution in [0.4, 0.5) is 13.2 Å². The molecule has 2 aromatic heterocycles. The predicted octanol–water partition coefficient (Wildman–Crippen LogP) is 2.93. The van der Waals surface area contributed by atoms with Gasteiger partial charge in [-0.3, -0.25) is 14.6 Å². The molecule has 0 aliphatic heterocycles. The highest BCUT2D eigenvalue weighted by atomic mass is 19.4. The first-order chi connectivity index (χ1) is 14.7. The molecule has 31 heavy (non-hydrogen) atoms. The Balaban J connectivity index is 2.07. The van der Waals surface area contributed by atoms with E-state index in [0.29, 0.717) is 22.6 Å². The monoisotopic (exact) mass is 437 g/mol. The van der Waals surface area contributed by atoms with E-state index in [1.54, 1.807) is 18.3 Å². The molecule has 1 amide bonds. The lowest BCUT2D eigenvalue weighted by Crippen LogP contribution is -2.26. The fourth-order valence-corrected chi connectivity index (χ4v) is 2.83. The second-order valence-corrected chi connectivity index (χ2v) is 6.19. The van der Waals surface area contributed by atoms with Crippen LogP contribution in [0.25, 0.3) is 11.3 Å². The van der Waals surface area contributed by atoms with Crippen LogP contribution in [0.15, 0.2) is 42.7 Å². The zero-order valence-electron chi connectivity index (χ0n) is 16.8. The van der Waals surface area contributed by atoms with Gasteiger partial charge < -0.3 is 9.47 Å². The van der Waals surface area contributed by atoms with Crippen LogP contribution in [0.3, 0.4) is 0 Å². The van der Waals surface area contributed by atoms with Crippen molar-refractivity contribution in [2.45, 2.75) is 12.9 Å². The lowest BCUT2D eigenvalue weighted by molar-refractivity contribution is -0.274. The molecule has 0 unspecified atom stereocenters. The molecule has 2 heterocycles. The molecule has 0 spiro atoms. The third kappa shape index (κ3) is 5.09. The average Bonchev–Trinajstić information content (AvgIpc) is 3.15. The van der Waals surface area contributed by atoms with Crippen molar-refractivity contribution in [1.82, 2.24) is 25.0 Å². The molecule has 0 atom stereocenters. The SMILES string of the molecule is COc1ccc(OC(F)(F)F)cc1Cn1nnc(C(=O)N(C)OC)c1-c1cccnc1. The van der Waals surface area contributed by atoms with Crippen molar-refractivity contribution >= 4 is 5.91 Å². The minimum absolute atomic E-state index is 0.0148. The minimum Gasteiger partial charge on any atom is -0.496 e. The lowest BCUT2D eigenvalue weighted by Gasteiger charge is -2.15. The van der Waals surface area contributed by atoms with Gasteiger partial charge in [-0.2, -0.15) is 0 Å². The number of pyridine rings is 1. The Morgan fingerprint density at radius 2 is 2.00 bits per heavy atom. The molecule has 0 radical (unpaired) electrons. The Labute approximate surface area is 174 Å².